The van der Waals surface area contributed by atoms with E-state index in [0.717, 1.165) is 49.0 Å². The summed E-state index contributed by atoms with van der Waals surface area (Å²) in [4.78, 5) is 32.4. The maximum atomic E-state index is 13.3. The molecule has 0 bridgehead atoms. The fraction of sp³-hybridized carbons (Fsp3) is 0.600. The molecule has 1 aliphatic heterocycles. The quantitative estimate of drug-likeness (QED) is 0.685. The van der Waals surface area contributed by atoms with Gasteiger partial charge in [-0.15, -0.1) is 0 Å². The molecule has 3 heterocycles. The first-order valence-electron chi connectivity index (χ1n) is 11.9. The van der Waals surface area contributed by atoms with Gasteiger partial charge in [0.1, 0.15) is 0 Å². The number of aromatic nitrogens is 3. The summed E-state index contributed by atoms with van der Waals surface area (Å²) >= 11 is 0. The topological polar surface area (TPSA) is 80.1 Å². The molecule has 0 aromatic carbocycles. The van der Waals surface area contributed by atoms with Crippen molar-refractivity contribution in [3.8, 4) is 0 Å². The van der Waals surface area contributed by atoms with Gasteiger partial charge in [-0.25, -0.2) is 0 Å². The highest BCUT2D eigenvalue weighted by molar-refractivity contribution is 5.94. The van der Waals surface area contributed by atoms with Crippen molar-refractivity contribution in [3.63, 3.8) is 0 Å². The van der Waals surface area contributed by atoms with Gasteiger partial charge in [0.25, 0.3) is 5.91 Å². The summed E-state index contributed by atoms with van der Waals surface area (Å²) in [5.41, 5.74) is 3.59. The van der Waals surface area contributed by atoms with Crippen molar-refractivity contribution in [2.24, 2.45) is 17.3 Å². The van der Waals surface area contributed by atoms with Gasteiger partial charge in [0.15, 0.2) is 5.69 Å². The standard InChI is InChI=1S/C25H35N5O2/c1-5-25(6-2)12-20(25)24(32)29-11-9-21-19(16-29)22(28-30(21)15-17(3)4)23(31)27-14-18-8-7-10-26-13-18/h7-8,10,13,17,20H,5-6,9,11-12,14-16H2,1-4H3,(H,27,31)/t20-/m0/s1. The van der Waals surface area contributed by atoms with Crippen LogP contribution in [0.5, 0.6) is 0 Å². The molecular formula is C25H35N5O2. The summed E-state index contributed by atoms with van der Waals surface area (Å²) in [5.74, 6) is 0.612. The Hall–Kier alpha value is -2.70. The number of carbonyl (C=O) groups excluding carboxylic acids is 2. The van der Waals surface area contributed by atoms with Crippen LogP contribution in [0, 0.1) is 17.3 Å². The normalized spacial score (nSPS) is 19.0. The van der Waals surface area contributed by atoms with Gasteiger partial charge >= 0.3 is 0 Å². The molecule has 1 saturated carbocycles. The highest BCUT2D eigenvalue weighted by Gasteiger charge is 2.56. The molecular weight excluding hydrogens is 402 g/mol. The van der Waals surface area contributed by atoms with Gasteiger partial charge in [-0.1, -0.05) is 33.8 Å². The Balaban J connectivity index is 1.54. The molecule has 32 heavy (non-hydrogen) atoms. The second-order valence-electron chi connectivity index (χ2n) is 9.73. The smallest absolute Gasteiger partial charge is 0.272 e. The summed E-state index contributed by atoms with van der Waals surface area (Å²) in [6.45, 7) is 11.0. The molecule has 1 aliphatic carbocycles. The zero-order valence-corrected chi connectivity index (χ0v) is 19.7. The molecule has 0 saturated heterocycles. The van der Waals surface area contributed by atoms with Gasteiger partial charge in [0, 0.05) is 62.2 Å². The number of nitrogens with zero attached hydrogens (tertiary/aromatic N) is 4. The van der Waals surface area contributed by atoms with E-state index in [1.807, 2.05) is 21.7 Å². The Morgan fingerprint density at radius 2 is 2.06 bits per heavy atom. The molecule has 7 nitrogen and oxygen atoms in total. The average molecular weight is 438 g/mol. The van der Waals surface area contributed by atoms with E-state index in [9.17, 15) is 9.59 Å². The first-order valence-corrected chi connectivity index (χ1v) is 11.9. The van der Waals surface area contributed by atoms with Crippen LogP contribution in [0.25, 0.3) is 0 Å². The van der Waals surface area contributed by atoms with E-state index in [1.54, 1.807) is 12.4 Å². The van der Waals surface area contributed by atoms with Crippen LogP contribution in [0.3, 0.4) is 0 Å². The van der Waals surface area contributed by atoms with Crippen LogP contribution in [0.15, 0.2) is 24.5 Å². The Morgan fingerprint density at radius 3 is 2.69 bits per heavy atom. The zero-order valence-electron chi connectivity index (χ0n) is 19.7. The van der Waals surface area contributed by atoms with E-state index in [1.165, 1.54) is 0 Å². The fourth-order valence-electron chi connectivity index (χ4n) is 5.08. The molecule has 2 aliphatic rings. The van der Waals surface area contributed by atoms with E-state index in [2.05, 4.69) is 38.0 Å². The maximum absolute atomic E-state index is 13.3. The molecule has 7 heteroatoms. The van der Waals surface area contributed by atoms with Gasteiger partial charge in [-0.2, -0.15) is 5.10 Å². The van der Waals surface area contributed by atoms with Gasteiger partial charge in [-0.05, 0) is 42.2 Å². The maximum Gasteiger partial charge on any atom is 0.272 e. The highest BCUT2D eigenvalue weighted by Crippen LogP contribution is 2.58. The molecule has 2 aromatic rings. The molecule has 0 unspecified atom stereocenters. The summed E-state index contributed by atoms with van der Waals surface area (Å²) in [7, 11) is 0. The minimum atomic E-state index is -0.190. The number of amides is 2. The molecule has 1 fully saturated rings. The molecule has 0 spiro atoms. The van der Waals surface area contributed by atoms with E-state index < -0.39 is 0 Å². The minimum Gasteiger partial charge on any atom is -0.346 e. The van der Waals surface area contributed by atoms with Crippen LogP contribution in [0.1, 0.15) is 74.3 Å². The number of fused-ring (bicyclic) bond motifs is 1. The second kappa shape index (κ2) is 9.04. The molecule has 172 valence electrons. The number of hydrogen-bond donors (Lipinski definition) is 1. The van der Waals surface area contributed by atoms with Crippen molar-refractivity contribution in [3.05, 3.63) is 47.0 Å². The van der Waals surface area contributed by atoms with Crippen molar-refractivity contribution in [2.45, 2.75) is 73.0 Å². The van der Waals surface area contributed by atoms with Gasteiger partial charge in [0.2, 0.25) is 5.91 Å². The molecule has 2 aromatic heterocycles. The van der Waals surface area contributed by atoms with Crippen molar-refractivity contribution >= 4 is 11.8 Å². The number of rotatable bonds is 8. The molecule has 4 rings (SSSR count). The largest absolute Gasteiger partial charge is 0.346 e. The fourth-order valence-corrected chi connectivity index (χ4v) is 5.08. The van der Waals surface area contributed by atoms with Crippen molar-refractivity contribution in [1.82, 2.24) is 25.0 Å². The molecule has 1 atom stereocenters. The van der Waals surface area contributed by atoms with Crippen molar-refractivity contribution in [2.75, 3.05) is 6.54 Å². The lowest BCUT2D eigenvalue weighted by Gasteiger charge is -2.29. The molecule has 2 amide bonds. The third kappa shape index (κ3) is 4.30. The number of hydrogen-bond acceptors (Lipinski definition) is 4. The third-order valence-corrected chi connectivity index (χ3v) is 7.27. The number of pyridine rings is 1. The second-order valence-corrected chi connectivity index (χ2v) is 9.73. The highest BCUT2D eigenvalue weighted by atomic mass is 16.2. The lowest BCUT2D eigenvalue weighted by Crippen LogP contribution is -2.39. The van der Waals surface area contributed by atoms with E-state index in [-0.39, 0.29) is 23.1 Å². The van der Waals surface area contributed by atoms with E-state index >= 15 is 0 Å². The Bertz CT molecular complexity index is 978. The monoisotopic (exact) mass is 437 g/mol. The average Bonchev–Trinajstić information content (AvgIpc) is 3.45. The van der Waals surface area contributed by atoms with E-state index in [0.29, 0.717) is 31.2 Å². The number of nitrogens with one attached hydrogen (secondary N) is 1. The minimum absolute atomic E-state index is 0.132. The van der Waals surface area contributed by atoms with Crippen LogP contribution >= 0.6 is 0 Å². The van der Waals surface area contributed by atoms with Crippen molar-refractivity contribution < 1.29 is 9.59 Å². The predicted molar refractivity (Wildman–Crippen MR) is 123 cm³/mol. The number of carbonyl (C=O) groups is 2. The lowest BCUT2D eigenvalue weighted by molar-refractivity contribution is -0.134. The van der Waals surface area contributed by atoms with Crippen LogP contribution < -0.4 is 5.32 Å². The van der Waals surface area contributed by atoms with Crippen LogP contribution in [0.4, 0.5) is 0 Å². The lowest BCUT2D eigenvalue weighted by atomic mass is 9.96. The summed E-state index contributed by atoms with van der Waals surface area (Å²) in [6.07, 6.45) is 7.30. The van der Waals surface area contributed by atoms with Gasteiger partial charge < -0.3 is 10.2 Å². The molecule has 1 N–H and O–H groups in total. The van der Waals surface area contributed by atoms with Crippen LogP contribution in [0.2, 0.25) is 0 Å². The first kappa shape index (κ1) is 22.5. The van der Waals surface area contributed by atoms with Crippen LogP contribution in [-0.4, -0.2) is 38.0 Å². The Labute approximate surface area is 190 Å². The van der Waals surface area contributed by atoms with Gasteiger partial charge in [-0.3, -0.25) is 19.3 Å². The Kier molecular flexibility index (Phi) is 6.35. The third-order valence-electron chi connectivity index (χ3n) is 7.27. The predicted octanol–water partition coefficient (Wildman–Crippen LogP) is 3.58. The molecule has 0 radical (unpaired) electrons. The Morgan fingerprint density at radius 1 is 1.28 bits per heavy atom. The van der Waals surface area contributed by atoms with Crippen molar-refractivity contribution in [1.29, 1.82) is 0 Å². The van der Waals surface area contributed by atoms with Gasteiger partial charge in [0.05, 0.1) is 0 Å². The van der Waals surface area contributed by atoms with Crippen LogP contribution in [-0.2, 0) is 30.8 Å². The summed E-state index contributed by atoms with van der Waals surface area (Å²) < 4.78 is 1.99. The summed E-state index contributed by atoms with van der Waals surface area (Å²) in [5, 5.41) is 7.69. The zero-order chi connectivity index (χ0) is 22.9. The first-order chi connectivity index (χ1) is 15.4. The van der Waals surface area contributed by atoms with E-state index in [4.69, 9.17) is 5.10 Å². The summed E-state index contributed by atoms with van der Waals surface area (Å²) in [6, 6.07) is 3.79. The SMILES string of the molecule is CCC1(CC)C[C@H]1C(=O)N1CCc2c(c(C(=O)NCc3cccnc3)nn2CC(C)C)C1.